The molecule has 0 aromatic heterocycles. The van der Waals surface area contributed by atoms with Crippen LogP contribution in [0.15, 0.2) is 169 Å². The minimum Gasteiger partial charge on any atom is -0.0836 e. The van der Waals surface area contributed by atoms with E-state index in [-0.39, 0.29) is 5.92 Å². The third-order valence-electron chi connectivity index (χ3n) is 10.2. The summed E-state index contributed by atoms with van der Waals surface area (Å²) in [5.41, 5.74) is 19.3. The Balaban J connectivity index is 1.13. The van der Waals surface area contributed by atoms with E-state index in [4.69, 9.17) is 0 Å². The van der Waals surface area contributed by atoms with Crippen LogP contribution in [0.4, 0.5) is 0 Å². The third-order valence-corrected chi connectivity index (χ3v) is 10.2. The first-order valence-corrected chi connectivity index (χ1v) is 16.3. The van der Waals surface area contributed by atoms with Crippen molar-refractivity contribution < 1.29 is 0 Å². The highest BCUT2D eigenvalue weighted by Crippen LogP contribution is 2.51. The maximum absolute atomic E-state index is 2.43. The van der Waals surface area contributed by atoms with Crippen LogP contribution in [-0.2, 0) is 6.42 Å². The molecule has 0 spiro atoms. The average molecular weight is 575 g/mol. The number of rotatable bonds is 4. The van der Waals surface area contributed by atoms with Gasteiger partial charge < -0.3 is 0 Å². The molecule has 0 amide bonds. The normalized spacial score (nSPS) is 19.1. The topological polar surface area (TPSA) is 0 Å². The number of hydrogen-bond acceptors (Lipinski definition) is 0. The Bertz CT molecular complexity index is 2110. The molecule has 0 radical (unpaired) electrons. The number of allylic oxidation sites excluding steroid dienone is 10. The molecule has 0 heterocycles. The Labute approximate surface area is 266 Å². The summed E-state index contributed by atoms with van der Waals surface area (Å²) in [6.07, 6.45) is 19.5. The van der Waals surface area contributed by atoms with Crippen molar-refractivity contribution in [1.82, 2.24) is 0 Å². The first-order chi connectivity index (χ1) is 22.3. The summed E-state index contributed by atoms with van der Waals surface area (Å²) in [5.74, 6) is 0.588. The van der Waals surface area contributed by atoms with E-state index < -0.39 is 0 Å². The van der Waals surface area contributed by atoms with Crippen LogP contribution in [0.3, 0.4) is 0 Å². The van der Waals surface area contributed by atoms with Gasteiger partial charge in [0.15, 0.2) is 0 Å². The number of fused-ring (bicyclic) bond motifs is 5. The van der Waals surface area contributed by atoms with Crippen LogP contribution in [0.25, 0.3) is 39.0 Å². The SMILES string of the molecule is C1=CC2=C(C3=CCCC=C3)c3ccccc3C(c3ccc(-c4cccc5c4-c4cccc(-c6ccccc6)c4C5)cc3)C2C=C1. The van der Waals surface area contributed by atoms with E-state index in [0.29, 0.717) is 5.92 Å². The number of benzene rings is 5. The maximum atomic E-state index is 2.43. The van der Waals surface area contributed by atoms with Crippen LogP contribution in [-0.4, -0.2) is 0 Å². The van der Waals surface area contributed by atoms with Gasteiger partial charge in [-0.1, -0.05) is 158 Å². The van der Waals surface area contributed by atoms with Gasteiger partial charge in [0.05, 0.1) is 0 Å². The second-order valence-electron chi connectivity index (χ2n) is 12.6. The zero-order valence-corrected chi connectivity index (χ0v) is 25.3. The highest BCUT2D eigenvalue weighted by molar-refractivity contribution is 5.94. The molecule has 5 aromatic carbocycles. The van der Waals surface area contributed by atoms with E-state index in [1.807, 2.05) is 0 Å². The van der Waals surface area contributed by atoms with Crippen LogP contribution in [0.1, 0.15) is 46.6 Å². The molecule has 2 unspecified atom stereocenters. The molecule has 9 rings (SSSR count). The average Bonchev–Trinajstić information content (AvgIpc) is 3.51. The molecule has 0 saturated carbocycles. The van der Waals surface area contributed by atoms with Crippen LogP contribution in [0, 0.1) is 5.92 Å². The molecule has 0 heteroatoms. The van der Waals surface area contributed by atoms with Crippen molar-refractivity contribution in [2.75, 3.05) is 0 Å². The van der Waals surface area contributed by atoms with Crippen LogP contribution >= 0.6 is 0 Å². The molecule has 5 aromatic rings. The molecule has 0 N–H and O–H groups in total. The van der Waals surface area contributed by atoms with Gasteiger partial charge in [-0.05, 0) is 97.2 Å². The minimum absolute atomic E-state index is 0.277. The van der Waals surface area contributed by atoms with Gasteiger partial charge in [-0.3, -0.25) is 0 Å². The third kappa shape index (κ3) is 4.28. The van der Waals surface area contributed by atoms with E-state index >= 15 is 0 Å². The van der Waals surface area contributed by atoms with E-state index in [1.165, 1.54) is 77.9 Å². The molecule has 45 heavy (non-hydrogen) atoms. The van der Waals surface area contributed by atoms with Gasteiger partial charge in [0.2, 0.25) is 0 Å². The molecule has 0 nitrogen and oxygen atoms in total. The van der Waals surface area contributed by atoms with Crippen LogP contribution in [0.5, 0.6) is 0 Å². The molecule has 2 atom stereocenters. The zero-order chi connectivity index (χ0) is 29.7. The van der Waals surface area contributed by atoms with Gasteiger partial charge in [-0.25, -0.2) is 0 Å². The molecule has 0 saturated heterocycles. The summed E-state index contributed by atoms with van der Waals surface area (Å²) in [5, 5.41) is 0. The van der Waals surface area contributed by atoms with Crippen molar-refractivity contribution in [3.63, 3.8) is 0 Å². The van der Waals surface area contributed by atoms with Crippen LogP contribution < -0.4 is 0 Å². The van der Waals surface area contributed by atoms with Gasteiger partial charge in [0.1, 0.15) is 0 Å². The quantitative estimate of drug-likeness (QED) is 0.196. The van der Waals surface area contributed by atoms with Gasteiger partial charge in [0, 0.05) is 11.8 Å². The van der Waals surface area contributed by atoms with Crippen molar-refractivity contribution in [2.45, 2.75) is 25.2 Å². The Morgan fingerprint density at radius 1 is 0.556 bits per heavy atom. The van der Waals surface area contributed by atoms with E-state index in [2.05, 4.69) is 158 Å². The van der Waals surface area contributed by atoms with Crippen molar-refractivity contribution in [3.8, 4) is 33.4 Å². The molecule has 4 aliphatic carbocycles. The Morgan fingerprint density at radius 3 is 2.18 bits per heavy atom. The van der Waals surface area contributed by atoms with Crippen LogP contribution in [0.2, 0.25) is 0 Å². The standard InChI is InChI=1S/C45H34/c1-3-13-30(14-4-1)35-22-12-24-41-42(35)29-34-17-11-23-36(45(34)41)31-25-27-33(28-26-31)44-39-20-9-7-18-37(39)43(32-15-5-2-6-16-32)38-19-8-10-21-40(38)44/h1,3-5,7-28,39,44H,2,6,29H2. The van der Waals surface area contributed by atoms with Crippen molar-refractivity contribution in [1.29, 1.82) is 0 Å². The summed E-state index contributed by atoms with van der Waals surface area (Å²) in [7, 11) is 0. The summed E-state index contributed by atoms with van der Waals surface area (Å²) in [6.45, 7) is 0. The Hall–Kier alpha value is -5.20. The molecule has 0 bridgehead atoms. The minimum atomic E-state index is 0.277. The van der Waals surface area contributed by atoms with E-state index in [9.17, 15) is 0 Å². The molecule has 4 aliphatic rings. The summed E-state index contributed by atoms with van der Waals surface area (Å²) >= 11 is 0. The van der Waals surface area contributed by atoms with Crippen molar-refractivity contribution >= 4 is 5.57 Å². The second-order valence-corrected chi connectivity index (χ2v) is 12.6. The summed E-state index contributed by atoms with van der Waals surface area (Å²) in [4.78, 5) is 0. The monoisotopic (exact) mass is 574 g/mol. The second kappa shape index (κ2) is 10.8. The zero-order valence-electron chi connectivity index (χ0n) is 25.3. The molecule has 0 aliphatic heterocycles. The smallest absolute Gasteiger partial charge is 0.0199 e. The molecular weight excluding hydrogens is 540 g/mol. The first kappa shape index (κ1) is 26.2. The van der Waals surface area contributed by atoms with Crippen molar-refractivity contribution in [2.24, 2.45) is 5.92 Å². The predicted octanol–water partition coefficient (Wildman–Crippen LogP) is 11.5. The highest BCUT2D eigenvalue weighted by atomic mass is 14.4. The van der Waals surface area contributed by atoms with Gasteiger partial charge in [0.25, 0.3) is 0 Å². The lowest BCUT2D eigenvalue weighted by molar-refractivity contribution is 0.649. The Morgan fingerprint density at radius 2 is 1.31 bits per heavy atom. The number of hydrogen-bond donors (Lipinski definition) is 0. The molecule has 214 valence electrons. The van der Waals surface area contributed by atoms with E-state index in [0.717, 1.165) is 19.3 Å². The highest BCUT2D eigenvalue weighted by Gasteiger charge is 2.35. The Kier molecular flexibility index (Phi) is 6.27. The van der Waals surface area contributed by atoms with Crippen molar-refractivity contribution in [3.05, 3.63) is 197 Å². The predicted molar refractivity (Wildman–Crippen MR) is 189 cm³/mol. The lowest BCUT2D eigenvalue weighted by Gasteiger charge is -2.37. The lowest BCUT2D eigenvalue weighted by atomic mass is 9.66. The fourth-order valence-corrected chi connectivity index (χ4v) is 8.22. The molecule has 0 fully saturated rings. The summed E-state index contributed by atoms with van der Waals surface area (Å²) < 4.78 is 0. The van der Waals surface area contributed by atoms with Gasteiger partial charge in [-0.2, -0.15) is 0 Å². The fourth-order valence-electron chi connectivity index (χ4n) is 8.22. The fraction of sp³-hybridized carbons (Fsp3) is 0.111. The van der Waals surface area contributed by atoms with Gasteiger partial charge in [-0.15, -0.1) is 0 Å². The maximum Gasteiger partial charge on any atom is 0.0199 e. The summed E-state index contributed by atoms with van der Waals surface area (Å²) in [6, 6.07) is 43.1. The van der Waals surface area contributed by atoms with E-state index in [1.54, 1.807) is 0 Å². The largest absolute Gasteiger partial charge is 0.0836 e. The lowest BCUT2D eigenvalue weighted by Crippen LogP contribution is -2.23. The van der Waals surface area contributed by atoms with Gasteiger partial charge >= 0.3 is 0 Å². The molecular formula is C45H34. The first-order valence-electron chi connectivity index (χ1n) is 16.3.